The maximum Gasteiger partial charge on any atom is 0.236 e. The molecule has 0 aliphatic carbocycles. The highest BCUT2D eigenvalue weighted by Crippen LogP contribution is 2.28. The zero-order chi connectivity index (χ0) is 22.5. The number of hydrogen-bond acceptors (Lipinski definition) is 8. The van der Waals surface area contributed by atoms with Crippen molar-refractivity contribution in [1.82, 2.24) is 25.0 Å². The van der Waals surface area contributed by atoms with Gasteiger partial charge in [-0.15, -0.1) is 20.4 Å². The molecular weight excluding hydrogens is 456 g/mol. The summed E-state index contributed by atoms with van der Waals surface area (Å²) in [4.78, 5) is 12.6. The van der Waals surface area contributed by atoms with E-state index < -0.39 is 0 Å². The molecule has 10 heteroatoms. The minimum Gasteiger partial charge on any atom is -0.461 e. The van der Waals surface area contributed by atoms with Crippen LogP contribution in [0.4, 0.5) is 5.13 Å². The Balaban J connectivity index is 1.28. The van der Waals surface area contributed by atoms with Crippen molar-refractivity contribution < 1.29 is 9.21 Å². The van der Waals surface area contributed by atoms with E-state index in [1.54, 1.807) is 6.26 Å². The standard InChI is InChI=1S/C23H18N6O2S2/c30-19(24-22-27-26-21(33-22)17-10-5-2-6-11-17)15-32-23-28-25-20(18-12-7-13-31-18)29(23)14-16-8-3-1-4-9-16/h1-13H,14-15H2,(H,24,27,30). The van der Waals surface area contributed by atoms with Crippen LogP contribution in [0, 0.1) is 0 Å². The molecule has 8 nitrogen and oxygen atoms in total. The first-order chi connectivity index (χ1) is 16.3. The zero-order valence-electron chi connectivity index (χ0n) is 17.3. The third-order valence-electron chi connectivity index (χ3n) is 4.67. The summed E-state index contributed by atoms with van der Waals surface area (Å²) in [6, 6.07) is 23.4. The molecule has 0 bridgehead atoms. The fraction of sp³-hybridized carbons (Fsp3) is 0.0870. The number of carbonyl (C=O) groups excluding carboxylic acids is 1. The summed E-state index contributed by atoms with van der Waals surface area (Å²) < 4.78 is 7.48. The molecule has 0 unspecified atom stereocenters. The van der Waals surface area contributed by atoms with Gasteiger partial charge in [0.15, 0.2) is 10.9 Å². The largest absolute Gasteiger partial charge is 0.461 e. The average molecular weight is 475 g/mol. The number of aromatic nitrogens is 5. The number of hydrogen-bond donors (Lipinski definition) is 1. The maximum absolute atomic E-state index is 12.6. The summed E-state index contributed by atoms with van der Waals surface area (Å²) in [6.45, 7) is 0.560. The van der Waals surface area contributed by atoms with Crippen molar-refractivity contribution >= 4 is 34.1 Å². The molecule has 5 aromatic rings. The van der Waals surface area contributed by atoms with Crippen molar-refractivity contribution in [1.29, 1.82) is 0 Å². The molecular formula is C23H18N6O2S2. The predicted octanol–water partition coefficient (Wildman–Crippen LogP) is 4.84. The van der Waals surface area contributed by atoms with E-state index in [1.165, 1.54) is 23.1 Å². The number of benzene rings is 2. The van der Waals surface area contributed by atoms with Crippen molar-refractivity contribution in [2.75, 3.05) is 11.1 Å². The summed E-state index contributed by atoms with van der Waals surface area (Å²) in [7, 11) is 0. The van der Waals surface area contributed by atoms with Crippen LogP contribution in [0.2, 0.25) is 0 Å². The SMILES string of the molecule is O=C(CSc1nnc(-c2ccco2)n1Cc1ccccc1)Nc1nnc(-c2ccccc2)s1. The second-order valence-electron chi connectivity index (χ2n) is 6.97. The molecule has 0 aliphatic heterocycles. The quantitative estimate of drug-likeness (QED) is 0.321. The van der Waals surface area contributed by atoms with Gasteiger partial charge in [0.1, 0.15) is 5.01 Å². The topological polar surface area (TPSA) is 98.7 Å². The molecule has 3 heterocycles. The van der Waals surface area contributed by atoms with Crippen molar-refractivity contribution in [2.24, 2.45) is 0 Å². The number of nitrogens with zero attached hydrogens (tertiary/aromatic N) is 5. The van der Waals surface area contributed by atoms with Gasteiger partial charge in [0.25, 0.3) is 0 Å². The molecule has 164 valence electrons. The lowest BCUT2D eigenvalue weighted by Gasteiger charge is -2.09. The number of nitrogens with one attached hydrogen (secondary N) is 1. The van der Waals surface area contributed by atoms with E-state index in [2.05, 4.69) is 25.7 Å². The predicted molar refractivity (Wildman–Crippen MR) is 128 cm³/mol. The molecule has 0 aliphatic rings. The third-order valence-corrected chi connectivity index (χ3v) is 6.52. The van der Waals surface area contributed by atoms with Crippen LogP contribution < -0.4 is 5.32 Å². The normalized spacial score (nSPS) is 10.9. The number of amides is 1. The van der Waals surface area contributed by atoms with Crippen LogP contribution >= 0.6 is 23.1 Å². The van der Waals surface area contributed by atoms with Crippen molar-refractivity contribution in [3.05, 3.63) is 84.6 Å². The van der Waals surface area contributed by atoms with Gasteiger partial charge in [0, 0.05) is 5.56 Å². The van der Waals surface area contributed by atoms with E-state index in [9.17, 15) is 4.79 Å². The van der Waals surface area contributed by atoms with Crippen molar-refractivity contribution in [2.45, 2.75) is 11.7 Å². The molecule has 2 aromatic carbocycles. The highest BCUT2D eigenvalue weighted by molar-refractivity contribution is 7.99. The molecule has 0 atom stereocenters. The van der Waals surface area contributed by atoms with Crippen LogP contribution in [0.5, 0.6) is 0 Å². The smallest absolute Gasteiger partial charge is 0.236 e. The Bertz CT molecular complexity index is 1330. The number of thioether (sulfide) groups is 1. The molecule has 1 amide bonds. The molecule has 0 radical (unpaired) electrons. The van der Waals surface area contributed by atoms with Crippen LogP contribution in [0.25, 0.3) is 22.2 Å². The van der Waals surface area contributed by atoms with E-state index in [1.807, 2.05) is 77.4 Å². The van der Waals surface area contributed by atoms with Crippen LogP contribution in [-0.2, 0) is 11.3 Å². The average Bonchev–Trinajstić information content (AvgIpc) is 3.61. The van der Waals surface area contributed by atoms with Gasteiger partial charge in [-0.3, -0.25) is 14.7 Å². The molecule has 1 N–H and O–H groups in total. The van der Waals surface area contributed by atoms with Gasteiger partial charge in [-0.25, -0.2) is 0 Å². The van der Waals surface area contributed by atoms with Gasteiger partial charge in [0.05, 0.1) is 18.6 Å². The van der Waals surface area contributed by atoms with E-state index >= 15 is 0 Å². The first-order valence-electron chi connectivity index (χ1n) is 10.1. The maximum atomic E-state index is 12.6. The van der Waals surface area contributed by atoms with Crippen LogP contribution in [0.3, 0.4) is 0 Å². The lowest BCUT2D eigenvalue weighted by molar-refractivity contribution is -0.113. The lowest BCUT2D eigenvalue weighted by atomic mass is 10.2. The molecule has 0 saturated carbocycles. The fourth-order valence-corrected chi connectivity index (χ4v) is 4.65. The zero-order valence-corrected chi connectivity index (χ0v) is 18.9. The Morgan fingerprint density at radius 2 is 1.73 bits per heavy atom. The number of rotatable bonds is 8. The summed E-state index contributed by atoms with van der Waals surface area (Å²) in [5.41, 5.74) is 2.06. The Morgan fingerprint density at radius 1 is 0.939 bits per heavy atom. The highest BCUT2D eigenvalue weighted by Gasteiger charge is 2.18. The van der Waals surface area contributed by atoms with Gasteiger partial charge in [0.2, 0.25) is 16.9 Å². The van der Waals surface area contributed by atoms with Crippen LogP contribution in [0.1, 0.15) is 5.56 Å². The van der Waals surface area contributed by atoms with Gasteiger partial charge < -0.3 is 4.42 Å². The number of carbonyl (C=O) groups is 1. The first-order valence-corrected chi connectivity index (χ1v) is 11.9. The van der Waals surface area contributed by atoms with Gasteiger partial charge in [-0.05, 0) is 17.7 Å². The third kappa shape index (κ3) is 5.02. The Labute approximate surface area is 197 Å². The van der Waals surface area contributed by atoms with Gasteiger partial charge in [-0.2, -0.15) is 0 Å². The molecule has 0 spiro atoms. The van der Waals surface area contributed by atoms with Gasteiger partial charge in [-0.1, -0.05) is 83.8 Å². The lowest BCUT2D eigenvalue weighted by Crippen LogP contribution is -2.14. The minimum atomic E-state index is -0.190. The molecule has 3 aromatic heterocycles. The summed E-state index contributed by atoms with van der Waals surface area (Å²) in [5.74, 6) is 1.20. The van der Waals surface area contributed by atoms with E-state index in [0.29, 0.717) is 28.4 Å². The molecule has 33 heavy (non-hydrogen) atoms. The first kappa shape index (κ1) is 21.1. The van der Waals surface area contributed by atoms with E-state index in [0.717, 1.165) is 16.1 Å². The minimum absolute atomic E-state index is 0.158. The van der Waals surface area contributed by atoms with E-state index in [4.69, 9.17) is 4.42 Å². The summed E-state index contributed by atoms with van der Waals surface area (Å²) in [5, 5.41) is 21.5. The van der Waals surface area contributed by atoms with Crippen molar-refractivity contribution in [3.63, 3.8) is 0 Å². The van der Waals surface area contributed by atoms with E-state index in [-0.39, 0.29) is 11.7 Å². The monoisotopic (exact) mass is 474 g/mol. The molecule has 5 rings (SSSR count). The van der Waals surface area contributed by atoms with Crippen LogP contribution in [0.15, 0.2) is 88.6 Å². The summed E-state index contributed by atoms with van der Waals surface area (Å²) >= 11 is 2.64. The Kier molecular flexibility index (Phi) is 6.27. The number of furan rings is 1. The van der Waals surface area contributed by atoms with Crippen molar-refractivity contribution in [3.8, 4) is 22.2 Å². The summed E-state index contributed by atoms with van der Waals surface area (Å²) in [6.07, 6.45) is 1.60. The Morgan fingerprint density at radius 3 is 2.48 bits per heavy atom. The molecule has 0 fully saturated rings. The van der Waals surface area contributed by atoms with Crippen LogP contribution in [-0.4, -0.2) is 36.6 Å². The van der Waals surface area contributed by atoms with Gasteiger partial charge >= 0.3 is 0 Å². The highest BCUT2D eigenvalue weighted by atomic mass is 32.2. The number of anilines is 1. The Hall–Kier alpha value is -3.76. The second kappa shape index (κ2) is 9.80. The molecule has 0 saturated heterocycles. The second-order valence-corrected chi connectivity index (χ2v) is 8.89. The fourth-order valence-electron chi connectivity index (χ4n) is 3.15.